The van der Waals surface area contributed by atoms with Crippen molar-refractivity contribution in [1.82, 2.24) is 15.0 Å². The Labute approximate surface area is 184 Å². The van der Waals surface area contributed by atoms with Gasteiger partial charge in [0.1, 0.15) is 11.6 Å². The van der Waals surface area contributed by atoms with Crippen molar-refractivity contribution in [2.45, 2.75) is 44.0 Å². The third kappa shape index (κ3) is 3.65. The number of halogens is 2. The second kappa shape index (κ2) is 7.77. The van der Waals surface area contributed by atoms with Gasteiger partial charge in [-0.1, -0.05) is 0 Å². The van der Waals surface area contributed by atoms with E-state index in [9.17, 15) is 8.78 Å². The number of nitrogens with two attached hydrogens (primary N) is 1. The fourth-order valence-corrected chi connectivity index (χ4v) is 5.38. The molecule has 4 aliphatic heterocycles. The van der Waals surface area contributed by atoms with Gasteiger partial charge in [0.2, 0.25) is 5.95 Å². The monoisotopic (exact) mass is 444 g/mol. The average molecular weight is 444 g/mol. The molecule has 0 spiro atoms. The first-order chi connectivity index (χ1) is 15.5. The maximum absolute atomic E-state index is 13.8. The van der Waals surface area contributed by atoms with E-state index in [0.29, 0.717) is 30.6 Å². The number of piperidine rings is 1. The average Bonchev–Trinajstić information content (AvgIpc) is 3.32. The van der Waals surface area contributed by atoms with Gasteiger partial charge in [-0.05, 0) is 25.3 Å². The minimum Gasteiger partial charge on any atom is -0.384 e. The number of pyridine rings is 1. The Bertz CT molecular complexity index is 952. The van der Waals surface area contributed by atoms with Crippen molar-refractivity contribution >= 4 is 17.6 Å². The minimum atomic E-state index is -2.68. The molecular formula is C22H26F2N6O2. The molecule has 0 saturated carbocycles. The summed E-state index contributed by atoms with van der Waals surface area (Å²) in [5.74, 6) is 1.81. The van der Waals surface area contributed by atoms with E-state index in [4.69, 9.17) is 25.2 Å². The quantitative estimate of drug-likeness (QED) is 0.770. The van der Waals surface area contributed by atoms with Crippen LogP contribution in [0.1, 0.15) is 31.3 Å². The molecule has 4 atom stereocenters. The standard InChI is InChI=1S/C22H26F2N6O2/c23-21(24)16-4-19(25)26-6-17(16)18-5-20(29-7-12-3-15(10-29)31-11-12)28-22(27-18)30-8-13-1-2-14(9-30)32-13/h4-6,12-15,21H,1-3,7-11H2,(H2,25,26). The molecule has 4 unspecified atom stereocenters. The lowest BCUT2D eigenvalue weighted by molar-refractivity contribution is 0.0299. The van der Waals surface area contributed by atoms with Gasteiger partial charge in [-0.3, -0.25) is 0 Å². The molecule has 2 N–H and O–H groups in total. The third-order valence-electron chi connectivity index (χ3n) is 6.89. The second-order valence-corrected chi connectivity index (χ2v) is 9.23. The number of morpholine rings is 1. The van der Waals surface area contributed by atoms with Crippen molar-refractivity contribution in [3.05, 3.63) is 23.9 Å². The third-order valence-corrected chi connectivity index (χ3v) is 6.89. The number of hydrogen-bond acceptors (Lipinski definition) is 8. The lowest BCUT2D eigenvalue weighted by Gasteiger charge is -2.34. The summed E-state index contributed by atoms with van der Waals surface area (Å²) in [7, 11) is 0. The first-order valence-corrected chi connectivity index (χ1v) is 11.2. The van der Waals surface area contributed by atoms with E-state index >= 15 is 0 Å². The van der Waals surface area contributed by atoms with Crippen molar-refractivity contribution in [3.8, 4) is 11.3 Å². The van der Waals surface area contributed by atoms with E-state index in [1.807, 2.05) is 0 Å². The number of nitrogen functional groups attached to an aromatic ring is 1. The van der Waals surface area contributed by atoms with E-state index < -0.39 is 6.43 Å². The Morgan fingerprint density at radius 3 is 2.53 bits per heavy atom. The fraction of sp³-hybridized carbons (Fsp3) is 0.591. The summed E-state index contributed by atoms with van der Waals surface area (Å²) in [6.07, 6.45) is 2.33. The van der Waals surface area contributed by atoms with Crippen LogP contribution in [0.4, 0.5) is 26.4 Å². The second-order valence-electron chi connectivity index (χ2n) is 9.23. The number of hydrogen-bond donors (Lipinski definition) is 1. The van der Waals surface area contributed by atoms with Crippen molar-refractivity contribution < 1.29 is 18.3 Å². The van der Waals surface area contributed by atoms with Crippen molar-refractivity contribution in [1.29, 1.82) is 0 Å². The molecule has 8 nitrogen and oxygen atoms in total. The predicted octanol–water partition coefficient (Wildman–Crippen LogP) is 2.65. The number of rotatable bonds is 4. The van der Waals surface area contributed by atoms with E-state index in [1.165, 1.54) is 12.3 Å². The van der Waals surface area contributed by atoms with Crippen LogP contribution in [0.3, 0.4) is 0 Å². The Morgan fingerprint density at radius 2 is 1.78 bits per heavy atom. The van der Waals surface area contributed by atoms with Gasteiger partial charge in [-0.25, -0.2) is 18.7 Å². The zero-order valence-electron chi connectivity index (χ0n) is 17.7. The summed E-state index contributed by atoms with van der Waals surface area (Å²) in [5, 5.41) is 0. The molecule has 0 aromatic carbocycles. The summed E-state index contributed by atoms with van der Waals surface area (Å²) >= 11 is 0. The highest BCUT2D eigenvalue weighted by molar-refractivity contribution is 5.69. The van der Waals surface area contributed by atoms with Gasteiger partial charge in [0.25, 0.3) is 6.43 Å². The van der Waals surface area contributed by atoms with Crippen LogP contribution in [0, 0.1) is 5.92 Å². The van der Waals surface area contributed by atoms with Crippen LogP contribution in [-0.4, -0.2) is 66.0 Å². The molecular weight excluding hydrogens is 418 g/mol. The molecule has 4 aliphatic rings. The van der Waals surface area contributed by atoms with E-state index in [0.717, 1.165) is 44.8 Å². The molecule has 6 rings (SSSR count). The van der Waals surface area contributed by atoms with Crippen LogP contribution < -0.4 is 15.5 Å². The highest BCUT2D eigenvalue weighted by Crippen LogP contribution is 2.36. The SMILES string of the molecule is Nc1cc(C(F)F)c(-c2cc(N3CC4COC(C4)C3)nc(N3CC4CCC(C3)O4)n2)cn1. The number of nitrogens with zero attached hydrogens (tertiary/aromatic N) is 5. The van der Waals surface area contributed by atoms with Gasteiger partial charge in [-0.15, -0.1) is 0 Å². The maximum atomic E-state index is 13.8. The van der Waals surface area contributed by atoms with Gasteiger partial charge < -0.3 is 25.0 Å². The molecule has 10 heteroatoms. The van der Waals surface area contributed by atoms with Crippen molar-refractivity contribution in [2.24, 2.45) is 5.92 Å². The maximum Gasteiger partial charge on any atom is 0.264 e. The fourth-order valence-electron chi connectivity index (χ4n) is 5.38. The molecule has 4 fully saturated rings. The lowest BCUT2D eigenvalue weighted by Crippen LogP contribution is -2.44. The first kappa shape index (κ1) is 20.0. The molecule has 170 valence electrons. The Hall–Kier alpha value is -2.59. The summed E-state index contributed by atoms with van der Waals surface area (Å²) in [6.45, 7) is 3.74. The van der Waals surface area contributed by atoms with E-state index in [2.05, 4.69) is 14.8 Å². The van der Waals surface area contributed by atoms with Crippen LogP contribution in [0.5, 0.6) is 0 Å². The van der Waals surface area contributed by atoms with E-state index in [1.54, 1.807) is 6.07 Å². The number of ether oxygens (including phenoxy) is 2. The molecule has 6 heterocycles. The van der Waals surface area contributed by atoms with Gasteiger partial charge in [0, 0.05) is 55.5 Å². The Kier molecular flexibility index (Phi) is 4.87. The van der Waals surface area contributed by atoms with Gasteiger partial charge in [0.15, 0.2) is 0 Å². The number of alkyl halides is 2. The smallest absolute Gasteiger partial charge is 0.264 e. The van der Waals surface area contributed by atoms with Gasteiger partial charge >= 0.3 is 0 Å². The molecule has 32 heavy (non-hydrogen) atoms. The number of anilines is 3. The van der Waals surface area contributed by atoms with Crippen molar-refractivity contribution in [2.75, 3.05) is 48.3 Å². The topological polar surface area (TPSA) is 89.6 Å². The lowest BCUT2D eigenvalue weighted by atomic mass is 10.00. The van der Waals surface area contributed by atoms with Crippen molar-refractivity contribution in [3.63, 3.8) is 0 Å². The number of aromatic nitrogens is 3. The number of fused-ring (bicyclic) bond motifs is 4. The van der Waals surface area contributed by atoms with Gasteiger partial charge in [0.05, 0.1) is 30.6 Å². The highest BCUT2D eigenvalue weighted by atomic mass is 19.3. The zero-order chi connectivity index (χ0) is 21.8. The van der Waals surface area contributed by atoms with Crippen LogP contribution in [-0.2, 0) is 9.47 Å². The predicted molar refractivity (Wildman–Crippen MR) is 115 cm³/mol. The molecule has 2 aromatic heterocycles. The Morgan fingerprint density at radius 1 is 1.00 bits per heavy atom. The van der Waals surface area contributed by atoms with E-state index in [-0.39, 0.29) is 35.3 Å². The normalized spacial score (nSPS) is 29.2. The summed E-state index contributed by atoms with van der Waals surface area (Å²) in [4.78, 5) is 18.0. The molecule has 4 saturated heterocycles. The molecule has 0 amide bonds. The highest BCUT2D eigenvalue weighted by Gasteiger charge is 2.37. The van der Waals surface area contributed by atoms with Crippen LogP contribution in [0.25, 0.3) is 11.3 Å². The van der Waals surface area contributed by atoms with Crippen LogP contribution in [0.2, 0.25) is 0 Å². The molecule has 0 aliphatic carbocycles. The minimum absolute atomic E-state index is 0.0630. The van der Waals surface area contributed by atoms with Crippen LogP contribution in [0.15, 0.2) is 18.3 Å². The van der Waals surface area contributed by atoms with Crippen LogP contribution >= 0.6 is 0 Å². The largest absolute Gasteiger partial charge is 0.384 e. The summed E-state index contributed by atoms with van der Waals surface area (Å²) in [6, 6.07) is 3.02. The Balaban J connectivity index is 1.43. The molecule has 0 radical (unpaired) electrons. The van der Waals surface area contributed by atoms with Gasteiger partial charge in [-0.2, -0.15) is 4.98 Å². The molecule has 2 aromatic rings. The summed E-state index contributed by atoms with van der Waals surface area (Å²) < 4.78 is 39.5. The zero-order valence-corrected chi connectivity index (χ0v) is 17.7. The summed E-state index contributed by atoms with van der Waals surface area (Å²) in [5.41, 5.74) is 6.24. The first-order valence-electron chi connectivity index (χ1n) is 11.2. The molecule has 4 bridgehead atoms.